The van der Waals surface area contributed by atoms with Crippen LogP contribution in [-0.2, 0) is 0 Å². The number of hydrogen-bond acceptors (Lipinski definition) is 4. The standard InChI is InChI=1S/C9H23N3O/c1-8(5-10)11-6-9(2,13)7-12(3)4/h8,11,13H,5-7,10H2,1-4H3. The maximum absolute atomic E-state index is 9.88. The number of hydrogen-bond donors (Lipinski definition) is 3. The summed E-state index contributed by atoms with van der Waals surface area (Å²) in [5.74, 6) is 0. The molecule has 0 aromatic rings. The third kappa shape index (κ3) is 6.95. The molecule has 0 heterocycles. The quantitative estimate of drug-likeness (QED) is 0.514. The normalized spacial score (nSPS) is 18.7. The van der Waals surface area contributed by atoms with E-state index in [1.165, 1.54) is 0 Å². The van der Waals surface area contributed by atoms with Crippen LogP contribution in [0.15, 0.2) is 0 Å². The van der Waals surface area contributed by atoms with Crippen molar-refractivity contribution in [3.05, 3.63) is 0 Å². The summed E-state index contributed by atoms with van der Waals surface area (Å²) in [4.78, 5) is 1.97. The molecule has 0 spiro atoms. The lowest BCUT2D eigenvalue weighted by Gasteiger charge is -2.28. The Balaban J connectivity index is 3.74. The van der Waals surface area contributed by atoms with Crippen LogP contribution in [0.1, 0.15) is 13.8 Å². The predicted octanol–water partition coefficient (Wildman–Crippen LogP) is -0.764. The monoisotopic (exact) mass is 189 g/mol. The Hall–Kier alpha value is -0.160. The van der Waals surface area contributed by atoms with E-state index in [0.717, 1.165) is 0 Å². The topological polar surface area (TPSA) is 61.5 Å². The first kappa shape index (κ1) is 12.8. The van der Waals surface area contributed by atoms with Crippen molar-refractivity contribution in [2.24, 2.45) is 5.73 Å². The van der Waals surface area contributed by atoms with E-state index < -0.39 is 5.60 Å². The van der Waals surface area contributed by atoms with Gasteiger partial charge in [-0.15, -0.1) is 0 Å². The van der Waals surface area contributed by atoms with Crippen molar-refractivity contribution in [1.82, 2.24) is 10.2 Å². The van der Waals surface area contributed by atoms with Gasteiger partial charge in [0.15, 0.2) is 0 Å². The number of aliphatic hydroxyl groups is 1. The minimum atomic E-state index is -0.688. The fraction of sp³-hybridized carbons (Fsp3) is 1.00. The molecule has 0 rings (SSSR count). The van der Waals surface area contributed by atoms with Crippen LogP contribution in [0, 0.1) is 0 Å². The number of likely N-dealkylation sites (N-methyl/N-ethyl adjacent to an activating group) is 1. The summed E-state index contributed by atoms with van der Waals surface area (Å²) >= 11 is 0. The summed E-state index contributed by atoms with van der Waals surface area (Å²) < 4.78 is 0. The van der Waals surface area contributed by atoms with Crippen LogP contribution in [0.5, 0.6) is 0 Å². The second kappa shape index (κ2) is 5.54. The van der Waals surface area contributed by atoms with Crippen LogP contribution >= 0.6 is 0 Å². The van der Waals surface area contributed by atoms with Crippen molar-refractivity contribution in [3.8, 4) is 0 Å². The first-order valence-electron chi connectivity index (χ1n) is 4.68. The molecule has 13 heavy (non-hydrogen) atoms. The van der Waals surface area contributed by atoms with Crippen LogP contribution in [0.4, 0.5) is 0 Å². The van der Waals surface area contributed by atoms with Gasteiger partial charge in [0, 0.05) is 25.7 Å². The highest BCUT2D eigenvalue weighted by molar-refractivity contribution is 4.79. The van der Waals surface area contributed by atoms with E-state index >= 15 is 0 Å². The van der Waals surface area contributed by atoms with Gasteiger partial charge in [-0.05, 0) is 27.9 Å². The highest BCUT2D eigenvalue weighted by atomic mass is 16.3. The van der Waals surface area contributed by atoms with Crippen LogP contribution < -0.4 is 11.1 Å². The second-order valence-corrected chi connectivity index (χ2v) is 4.25. The molecule has 0 aliphatic heterocycles. The van der Waals surface area contributed by atoms with E-state index in [-0.39, 0.29) is 6.04 Å². The highest BCUT2D eigenvalue weighted by Gasteiger charge is 2.21. The van der Waals surface area contributed by atoms with Gasteiger partial charge in [0.2, 0.25) is 0 Å². The number of nitrogens with one attached hydrogen (secondary N) is 1. The fourth-order valence-corrected chi connectivity index (χ4v) is 1.21. The second-order valence-electron chi connectivity index (χ2n) is 4.25. The van der Waals surface area contributed by atoms with Crippen LogP contribution in [0.25, 0.3) is 0 Å². The van der Waals surface area contributed by atoms with Gasteiger partial charge in [0.05, 0.1) is 5.60 Å². The average molecular weight is 189 g/mol. The lowest BCUT2D eigenvalue weighted by molar-refractivity contribution is 0.0320. The van der Waals surface area contributed by atoms with Gasteiger partial charge in [-0.3, -0.25) is 0 Å². The molecule has 0 aromatic heterocycles. The Bertz CT molecular complexity index is 137. The molecule has 0 aliphatic rings. The Kier molecular flexibility index (Phi) is 5.48. The van der Waals surface area contributed by atoms with Gasteiger partial charge in [0.1, 0.15) is 0 Å². The van der Waals surface area contributed by atoms with Gasteiger partial charge < -0.3 is 21.1 Å². The van der Waals surface area contributed by atoms with Gasteiger partial charge in [-0.1, -0.05) is 0 Å². The Morgan fingerprint density at radius 3 is 2.46 bits per heavy atom. The summed E-state index contributed by atoms with van der Waals surface area (Å²) in [6.45, 7) is 5.65. The molecule has 2 atom stereocenters. The van der Waals surface area contributed by atoms with Crippen LogP contribution in [-0.4, -0.2) is 55.4 Å². The van der Waals surface area contributed by atoms with Crippen molar-refractivity contribution in [2.75, 3.05) is 33.7 Å². The van der Waals surface area contributed by atoms with Gasteiger partial charge in [-0.2, -0.15) is 0 Å². The van der Waals surface area contributed by atoms with Crippen molar-refractivity contribution in [3.63, 3.8) is 0 Å². The lowest BCUT2D eigenvalue weighted by atomic mass is 10.1. The summed E-state index contributed by atoms with van der Waals surface area (Å²) in [6.07, 6.45) is 0. The van der Waals surface area contributed by atoms with E-state index in [4.69, 9.17) is 5.73 Å². The molecule has 0 aliphatic carbocycles. The highest BCUT2D eigenvalue weighted by Crippen LogP contribution is 2.02. The van der Waals surface area contributed by atoms with Crippen molar-refractivity contribution in [2.45, 2.75) is 25.5 Å². The number of rotatable bonds is 6. The van der Waals surface area contributed by atoms with E-state index in [9.17, 15) is 5.11 Å². The molecule has 0 amide bonds. The first-order chi connectivity index (χ1) is 5.87. The molecule has 4 heteroatoms. The zero-order valence-corrected chi connectivity index (χ0v) is 9.17. The molecule has 4 nitrogen and oxygen atoms in total. The van der Waals surface area contributed by atoms with Gasteiger partial charge in [-0.25, -0.2) is 0 Å². The minimum absolute atomic E-state index is 0.258. The first-order valence-corrected chi connectivity index (χ1v) is 4.68. The molecule has 0 aromatic carbocycles. The Labute approximate surface area is 81.1 Å². The smallest absolute Gasteiger partial charge is 0.0869 e. The maximum atomic E-state index is 9.88. The maximum Gasteiger partial charge on any atom is 0.0869 e. The van der Waals surface area contributed by atoms with Crippen molar-refractivity contribution in [1.29, 1.82) is 0 Å². The molecule has 0 fully saturated rings. The number of nitrogens with two attached hydrogens (primary N) is 1. The van der Waals surface area contributed by atoms with E-state index in [1.54, 1.807) is 0 Å². The lowest BCUT2D eigenvalue weighted by Crippen LogP contribution is -2.49. The SMILES string of the molecule is CC(CN)NCC(C)(O)CN(C)C. The molecule has 80 valence electrons. The molecular weight excluding hydrogens is 166 g/mol. The van der Waals surface area contributed by atoms with E-state index in [0.29, 0.717) is 19.6 Å². The third-order valence-corrected chi connectivity index (χ3v) is 1.84. The molecule has 0 saturated heterocycles. The summed E-state index contributed by atoms with van der Waals surface area (Å²) in [5, 5.41) is 13.1. The van der Waals surface area contributed by atoms with Gasteiger partial charge >= 0.3 is 0 Å². The van der Waals surface area contributed by atoms with E-state index in [2.05, 4.69) is 5.32 Å². The average Bonchev–Trinajstić information content (AvgIpc) is 1.98. The Morgan fingerprint density at radius 2 is 2.08 bits per heavy atom. The summed E-state index contributed by atoms with van der Waals surface area (Å²) in [7, 11) is 3.89. The van der Waals surface area contributed by atoms with Crippen LogP contribution in [0.3, 0.4) is 0 Å². The molecule has 2 unspecified atom stereocenters. The third-order valence-electron chi connectivity index (χ3n) is 1.84. The zero-order chi connectivity index (χ0) is 10.5. The molecule has 0 radical (unpaired) electrons. The zero-order valence-electron chi connectivity index (χ0n) is 9.17. The summed E-state index contributed by atoms with van der Waals surface area (Å²) in [5.41, 5.74) is 4.76. The molecule has 0 bridgehead atoms. The predicted molar refractivity (Wildman–Crippen MR) is 55.7 cm³/mol. The minimum Gasteiger partial charge on any atom is -0.388 e. The summed E-state index contributed by atoms with van der Waals surface area (Å²) in [6, 6.07) is 0.258. The van der Waals surface area contributed by atoms with Gasteiger partial charge in [0.25, 0.3) is 0 Å². The van der Waals surface area contributed by atoms with Crippen molar-refractivity contribution >= 4 is 0 Å². The fourth-order valence-electron chi connectivity index (χ4n) is 1.21. The molecule has 4 N–H and O–H groups in total. The Morgan fingerprint density at radius 1 is 1.54 bits per heavy atom. The van der Waals surface area contributed by atoms with E-state index in [1.807, 2.05) is 32.8 Å². The number of nitrogens with zero attached hydrogens (tertiary/aromatic N) is 1. The molecular formula is C9H23N3O. The van der Waals surface area contributed by atoms with Crippen LogP contribution in [0.2, 0.25) is 0 Å². The largest absolute Gasteiger partial charge is 0.388 e. The van der Waals surface area contributed by atoms with Crippen molar-refractivity contribution < 1.29 is 5.11 Å². The molecule has 0 saturated carbocycles.